The topological polar surface area (TPSA) is 66.5 Å². The fraction of sp³-hybridized carbons (Fsp3) is 0.222. The van der Waals surface area contributed by atoms with E-state index in [-0.39, 0.29) is 6.04 Å². The summed E-state index contributed by atoms with van der Waals surface area (Å²) in [6.07, 6.45) is 8.39. The van der Waals surface area contributed by atoms with Gasteiger partial charge in [-0.1, -0.05) is 5.92 Å². The van der Waals surface area contributed by atoms with E-state index >= 15 is 0 Å². The summed E-state index contributed by atoms with van der Waals surface area (Å²) >= 11 is 0. The minimum atomic E-state index is -0.0667. The number of anilines is 1. The molecule has 0 amide bonds. The van der Waals surface area contributed by atoms with E-state index in [0.717, 1.165) is 5.39 Å². The molecule has 0 aliphatic heterocycles. The Labute approximate surface area is 81.0 Å². The van der Waals surface area contributed by atoms with Crippen molar-refractivity contribution in [2.75, 3.05) is 5.32 Å². The van der Waals surface area contributed by atoms with Crippen LogP contribution in [0.5, 0.6) is 0 Å². The molecule has 1 atom stereocenters. The van der Waals surface area contributed by atoms with Gasteiger partial charge in [-0.3, -0.25) is 5.10 Å². The number of aromatic amines is 1. The second kappa shape index (κ2) is 3.34. The molecule has 2 aromatic heterocycles. The highest BCUT2D eigenvalue weighted by atomic mass is 15.2. The zero-order chi connectivity index (χ0) is 9.97. The summed E-state index contributed by atoms with van der Waals surface area (Å²) in [5, 5.41) is 10.5. The number of nitrogens with one attached hydrogen (secondary N) is 2. The smallest absolute Gasteiger partial charge is 0.160 e. The van der Waals surface area contributed by atoms with Crippen LogP contribution in [0.1, 0.15) is 6.92 Å². The molecule has 14 heavy (non-hydrogen) atoms. The van der Waals surface area contributed by atoms with Crippen LogP contribution in [-0.4, -0.2) is 26.2 Å². The molecule has 0 saturated carbocycles. The van der Waals surface area contributed by atoms with Gasteiger partial charge in [0.15, 0.2) is 5.65 Å². The summed E-state index contributed by atoms with van der Waals surface area (Å²) in [4.78, 5) is 8.10. The Kier molecular flexibility index (Phi) is 2.03. The quantitative estimate of drug-likeness (QED) is 0.682. The van der Waals surface area contributed by atoms with Crippen LogP contribution in [-0.2, 0) is 0 Å². The van der Waals surface area contributed by atoms with Crippen LogP contribution in [0.3, 0.4) is 0 Å². The van der Waals surface area contributed by atoms with Crippen molar-refractivity contribution in [3.63, 3.8) is 0 Å². The Hall–Kier alpha value is -2.09. The number of H-pyrrole nitrogens is 1. The van der Waals surface area contributed by atoms with Gasteiger partial charge in [0.2, 0.25) is 0 Å². The van der Waals surface area contributed by atoms with Gasteiger partial charge in [0.25, 0.3) is 0 Å². The molecule has 0 fully saturated rings. The molecular weight excluding hydrogens is 178 g/mol. The Morgan fingerprint density at radius 2 is 2.43 bits per heavy atom. The van der Waals surface area contributed by atoms with Crippen molar-refractivity contribution >= 4 is 16.9 Å². The molecule has 2 rings (SSSR count). The molecule has 5 nitrogen and oxygen atoms in total. The van der Waals surface area contributed by atoms with Crippen LogP contribution >= 0.6 is 0 Å². The van der Waals surface area contributed by atoms with Gasteiger partial charge < -0.3 is 5.32 Å². The van der Waals surface area contributed by atoms with E-state index in [1.54, 1.807) is 6.20 Å². The first kappa shape index (κ1) is 8.51. The average molecular weight is 187 g/mol. The maximum Gasteiger partial charge on any atom is 0.160 e. The Balaban J connectivity index is 2.42. The first-order valence-electron chi connectivity index (χ1n) is 4.18. The summed E-state index contributed by atoms with van der Waals surface area (Å²) in [7, 11) is 0. The molecule has 0 spiro atoms. The molecule has 70 valence electrons. The number of nitrogens with zero attached hydrogens (tertiary/aromatic N) is 3. The Bertz CT molecular complexity index is 481. The number of terminal acetylenes is 1. The summed E-state index contributed by atoms with van der Waals surface area (Å²) < 4.78 is 0. The predicted octanol–water partition coefficient (Wildman–Crippen LogP) is 0.786. The normalized spacial score (nSPS) is 12.3. The number of hydrogen-bond donors (Lipinski definition) is 2. The lowest BCUT2D eigenvalue weighted by atomic mass is 10.3. The third kappa shape index (κ3) is 1.38. The number of hydrogen-bond acceptors (Lipinski definition) is 4. The second-order valence-corrected chi connectivity index (χ2v) is 2.89. The monoisotopic (exact) mass is 187 g/mol. The van der Waals surface area contributed by atoms with Gasteiger partial charge in [0.1, 0.15) is 12.1 Å². The van der Waals surface area contributed by atoms with Gasteiger partial charge in [0.05, 0.1) is 17.6 Å². The molecule has 2 N–H and O–H groups in total. The zero-order valence-electron chi connectivity index (χ0n) is 7.65. The van der Waals surface area contributed by atoms with Crippen LogP contribution in [0.2, 0.25) is 0 Å². The largest absolute Gasteiger partial charge is 0.356 e. The van der Waals surface area contributed by atoms with Crippen molar-refractivity contribution in [3.8, 4) is 12.3 Å². The summed E-state index contributed by atoms with van der Waals surface area (Å²) in [5.74, 6) is 3.27. The van der Waals surface area contributed by atoms with Crippen LogP contribution in [0.25, 0.3) is 11.0 Å². The maximum atomic E-state index is 5.26. The van der Waals surface area contributed by atoms with E-state index in [1.807, 2.05) is 6.92 Å². The van der Waals surface area contributed by atoms with E-state index in [1.165, 1.54) is 6.33 Å². The van der Waals surface area contributed by atoms with Crippen molar-refractivity contribution in [2.45, 2.75) is 13.0 Å². The molecule has 0 aliphatic rings. The van der Waals surface area contributed by atoms with Crippen LogP contribution in [0.4, 0.5) is 5.82 Å². The zero-order valence-corrected chi connectivity index (χ0v) is 7.65. The van der Waals surface area contributed by atoms with Crippen LogP contribution in [0, 0.1) is 12.3 Å². The van der Waals surface area contributed by atoms with Gasteiger partial charge in [-0.15, -0.1) is 6.42 Å². The molecule has 0 aromatic carbocycles. The van der Waals surface area contributed by atoms with Crippen LogP contribution in [0.15, 0.2) is 12.5 Å². The SMILES string of the molecule is C#CC(C)Nc1ncnc2[nH]ncc12. The first-order valence-corrected chi connectivity index (χ1v) is 4.18. The minimum Gasteiger partial charge on any atom is -0.356 e. The van der Waals surface area contributed by atoms with Crippen molar-refractivity contribution in [1.29, 1.82) is 0 Å². The molecule has 2 aromatic rings. The molecule has 0 saturated heterocycles. The van der Waals surface area contributed by atoms with Gasteiger partial charge in [0, 0.05) is 0 Å². The first-order chi connectivity index (χ1) is 6.81. The third-order valence-electron chi connectivity index (χ3n) is 1.85. The lowest BCUT2D eigenvalue weighted by molar-refractivity contribution is 1.01. The molecular formula is C9H9N5. The third-order valence-corrected chi connectivity index (χ3v) is 1.85. The fourth-order valence-corrected chi connectivity index (χ4v) is 1.13. The lowest BCUT2D eigenvalue weighted by Crippen LogP contribution is -2.13. The van der Waals surface area contributed by atoms with E-state index in [0.29, 0.717) is 11.5 Å². The highest BCUT2D eigenvalue weighted by Gasteiger charge is 2.06. The number of aromatic nitrogens is 4. The molecule has 2 heterocycles. The summed E-state index contributed by atoms with van der Waals surface area (Å²) in [5.41, 5.74) is 0.701. The highest BCUT2D eigenvalue weighted by Crippen LogP contribution is 2.16. The van der Waals surface area contributed by atoms with E-state index in [9.17, 15) is 0 Å². The standard InChI is InChI=1S/C9H9N5/c1-3-6(2)13-8-7-4-12-14-9(7)11-5-10-8/h1,4-6H,2H3,(H2,10,11,12,13,14). The van der Waals surface area contributed by atoms with Gasteiger partial charge in [-0.2, -0.15) is 5.10 Å². The molecule has 0 aliphatic carbocycles. The highest BCUT2D eigenvalue weighted by molar-refractivity contribution is 5.85. The Morgan fingerprint density at radius 3 is 3.21 bits per heavy atom. The fourth-order valence-electron chi connectivity index (χ4n) is 1.13. The lowest BCUT2D eigenvalue weighted by Gasteiger charge is -2.07. The summed E-state index contributed by atoms with van der Waals surface area (Å²) in [6.45, 7) is 1.88. The molecule has 0 bridgehead atoms. The van der Waals surface area contributed by atoms with Gasteiger partial charge >= 0.3 is 0 Å². The molecule has 0 radical (unpaired) electrons. The van der Waals surface area contributed by atoms with E-state index in [4.69, 9.17) is 6.42 Å². The summed E-state index contributed by atoms with van der Waals surface area (Å²) in [6, 6.07) is -0.0667. The van der Waals surface area contributed by atoms with Crippen molar-refractivity contribution in [2.24, 2.45) is 0 Å². The van der Waals surface area contributed by atoms with Crippen molar-refractivity contribution < 1.29 is 0 Å². The number of fused-ring (bicyclic) bond motifs is 1. The predicted molar refractivity (Wildman–Crippen MR) is 53.6 cm³/mol. The van der Waals surface area contributed by atoms with Crippen LogP contribution < -0.4 is 5.32 Å². The van der Waals surface area contributed by atoms with Gasteiger partial charge in [-0.25, -0.2) is 9.97 Å². The van der Waals surface area contributed by atoms with E-state index < -0.39 is 0 Å². The molecule has 1 unspecified atom stereocenters. The van der Waals surface area contributed by atoms with Gasteiger partial charge in [-0.05, 0) is 6.92 Å². The Morgan fingerprint density at radius 1 is 1.57 bits per heavy atom. The van der Waals surface area contributed by atoms with Crippen molar-refractivity contribution in [3.05, 3.63) is 12.5 Å². The van der Waals surface area contributed by atoms with Crippen molar-refractivity contribution in [1.82, 2.24) is 20.2 Å². The molecule has 5 heteroatoms. The maximum absolute atomic E-state index is 5.26. The second-order valence-electron chi connectivity index (χ2n) is 2.89. The van der Waals surface area contributed by atoms with E-state index in [2.05, 4.69) is 31.4 Å². The number of rotatable bonds is 2. The minimum absolute atomic E-state index is 0.0667. The average Bonchev–Trinajstić information content (AvgIpc) is 2.66.